The number of benzene rings is 2. The third kappa shape index (κ3) is 3.38. The van der Waals surface area contributed by atoms with Gasteiger partial charge in [-0.15, -0.1) is 0 Å². The summed E-state index contributed by atoms with van der Waals surface area (Å²) < 4.78 is 19.1. The number of aliphatic hydroxyl groups is 1. The van der Waals surface area contributed by atoms with Crippen molar-refractivity contribution in [2.24, 2.45) is 0 Å². The fraction of sp³-hybridized carbons (Fsp3) is 0.0870. The van der Waals surface area contributed by atoms with Crippen molar-refractivity contribution < 1.29 is 28.9 Å². The number of carbonyl (C=O) groups excluding carboxylic acids is 2. The summed E-state index contributed by atoms with van der Waals surface area (Å²) >= 11 is 0. The van der Waals surface area contributed by atoms with Crippen LogP contribution in [0.1, 0.15) is 17.2 Å². The van der Waals surface area contributed by atoms with Gasteiger partial charge in [-0.05, 0) is 42.0 Å². The molecular formula is C23H17FN2O5. The van der Waals surface area contributed by atoms with Crippen molar-refractivity contribution in [1.29, 1.82) is 0 Å². The number of phenols is 1. The SMILES string of the molecule is COc1ccc(F)cc1/C(O)=C1\C(=O)C(=O)N(c2ccccc2O)C1c1cccnc1. The van der Waals surface area contributed by atoms with Crippen LogP contribution in [0.15, 0.2) is 72.6 Å². The highest BCUT2D eigenvalue weighted by Crippen LogP contribution is 2.45. The molecule has 0 bridgehead atoms. The van der Waals surface area contributed by atoms with Crippen LogP contribution in [0.5, 0.6) is 11.5 Å². The summed E-state index contributed by atoms with van der Waals surface area (Å²) in [7, 11) is 1.34. The topological polar surface area (TPSA) is 100.0 Å². The van der Waals surface area contributed by atoms with E-state index < -0.39 is 29.3 Å². The smallest absolute Gasteiger partial charge is 0.300 e. The first-order chi connectivity index (χ1) is 14.9. The van der Waals surface area contributed by atoms with E-state index in [-0.39, 0.29) is 28.3 Å². The number of aliphatic hydroxyl groups excluding tert-OH is 1. The van der Waals surface area contributed by atoms with Crippen LogP contribution in [-0.2, 0) is 9.59 Å². The quantitative estimate of drug-likeness (QED) is 0.380. The molecule has 1 amide bonds. The minimum absolute atomic E-state index is 0.0772. The van der Waals surface area contributed by atoms with Gasteiger partial charge in [0.1, 0.15) is 23.1 Å². The largest absolute Gasteiger partial charge is 0.507 e. The van der Waals surface area contributed by atoms with Crippen molar-refractivity contribution in [3.05, 3.63) is 89.5 Å². The fourth-order valence-corrected chi connectivity index (χ4v) is 3.61. The van der Waals surface area contributed by atoms with Gasteiger partial charge in [-0.25, -0.2) is 4.39 Å². The molecule has 1 aliphatic heterocycles. The molecule has 0 radical (unpaired) electrons. The van der Waals surface area contributed by atoms with Crippen LogP contribution in [0.3, 0.4) is 0 Å². The number of carbonyl (C=O) groups is 2. The Kier molecular flexibility index (Phi) is 5.12. The van der Waals surface area contributed by atoms with Gasteiger partial charge in [0.2, 0.25) is 0 Å². The number of ketones is 1. The number of amides is 1. The summed E-state index contributed by atoms with van der Waals surface area (Å²) in [4.78, 5) is 31.2. The number of hydrogen-bond donors (Lipinski definition) is 2. The number of para-hydroxylation sites is 2. The van der Waals surface area contributed by atoms with Gasteiger partial charge in [-0.1, -0.05) is 18.2 Å². The predicted molar refractivity (Wildman–Crippen MR) is 110 cm³/mol. The molecule has 7 nitrogen and oxygen atoms in total. The molecule has 1 unspecified atom stereocenters. The lowest BCUT2D eigenvalue weighted by Crippen LogP contribution is -2.29. The molecule has 156 valence electrons. The summed E-state index contributed by atoms with van der Waals surface area (Å²) in [5.74, 6) is -3.29. The van der Waals surface area contributed by atoms with E-state index in [4.69, 9.17) is 4.74 Å². The Labute approximate surface area is 176 Å². The van der Waals surface area contributed by atoms with E-state index in [1.165, 1.54) is 37.7 Å². The number of nitrogens with zero attached hydrogens (tertiary/aromatic N) is 2. The number of halogens is 1. The van der Waals surface area contributed by atoms with Gasteiger partial charge >= 0.3 is 0 Å². The number of Topliss-reactive ketones (excluding diaryl/α,β-unsaturated/α-hetero) is 1. The van der Waals surface area contributed by atoms with Crippen molar-refractivity contribution in [3.63, 3.8) is 0 Å². The Balaban J connectivity index is 2.00. The molecular weight excluding hydrogens is 403 g/mol. The zero-order valence-electron chi connectivity index (χ0n) is 16.3. The zero-order chi connectivity index (χ0) is 22.1. The molecule has 0 aliphatic carbocycles. The average Bonchev–Trinajstić information content (AvgIpc) is 3.05. The Morgan fingerprint density at radius 2 is 1.90 bits per heavy atom. The highest BCUT2D eigenvalue weighted by Gasteiger charge is 2.48. The Bertz CT molecular complexity index is 1210. The number of aromatic hydroxyl groups is 1. The number of aromatic nitrogens is 1. The standard InChI is InChI=1S/C23H17FN2O5/c1-31-18-9-8-14(24)11-15(18)21(28)19-20(13-5-4-10-25-12-13)26(23(30)22(19)29)16-6-2-3-7-17(16)27/h2-12,20,27-28H,1H3/b21-19+. The summed E-state index contributed by atoms with van der Waals surface area (Å²) in [5.41, 5.74) is 0.155. The van der Waals surface area contributed by atoms with E-state index in [0.717, 1.165) is 17.0 Å². The van der Waals surface area contributed by atoms with Crippen molar-refractivity contribution in [2.75, 3.05) is 12.0 Å². The molecule has 3 aromatic rings. The Hall–Kier alpha value is -4.20. The maximum Gasteiger partial charge on any atom is 0.300 e. The van der Waals surface area contributed by atoms with E-state index in [1.54, 1.807) is 24.3 Å². The first-order valence-corrected chi connectivity index (χ1v) is 9.27. The first-order valence-electron chi connectivity index (χ1n) is 9.27. The lowest BCUT2D eigenvalue weighted by Gasteiger charge is -2.25. The number of rotatable bonds is 4. The number of anilines is 1. The highest BCUT2D eigenvalue weighted by molar-refractivity contribution is 6.52. The molecule has 2 heterocycles. The normalized spacial score (nSPS) is 17.7. The van der Waals surface area contributed by atoms with Crippen LogP contribution in [0.25, 0.3) is 5.76 Å². The molecule has 2 N–H and O–H groups in total. The van der Waals surface area contributed by atoms with Gasteiger partial charge in [-0.2, -0.15) is 0 Å². The minimum Gasteiger partial charge on any atom is -0.507 e. The van der Waals surface area contributed by atoms with E-state index in [2.05, 4.69) is 4.98 Å². The third-order valence-electron chi connectivity index (χ3n) is 5.00. The number of methoxy groups -OCH3 is 1. The summed E-state index contributed by atoms with van der Waals surface area (Å²) in [5, 5.41) is 21.4. The second kappa shape index (κ2) is 7.91. The second-order valence-corrected chi connectivity index (χ2v) is 6.79. The highest BCUT2D eigenvalue weighted by atomic mass is 19.1. The molecule has 0 saturated carbocycles. The van der Waals surface area contributed by atoms with Gasteiger partial charge in [0.25, 0.3) is 11.7 Å². The van der Waals surface area contributed by atoms with Crippen LogP contribution in [0.2, 0.25) is 0 Å². The maximum absolute atomic E-state index is 13.9. The maximum atomic E-state index is 13.9. The first kappa shape index (κ1) is 20.1. The number of ether oxygens (including phenoxy) is 1. The lowest BCUT2D eigenvalue weighted by molar-refractivity contribution is -0.132. The van der Waals surface area contributed by atoms with Crippen LogP contribution < -0.4 is 9.64 Å². The fourth-order valence-electron chi connectivity index (χ4n) is 3.61. The number of phenolic OH excluding ortho intramolecular Hbond substituents is 1. The lowest BCUT2D eigenvalue weighted by atomic mass is 9.95. The van der Waals surface area contributed by atoms with Gasteiger partial charge in [0.05, 0.1) is 30.0 Å². The molecule has 8 heteroatoms. The zero-order valence-corrected chi connectivity index (χ0v) is 16.3. The van der Waals surface area contributed by atoms with E-state index in [9.17, 15) is 24.2 Å². The monoisotopic (exact) mass is 420 g/mol. The predicted octanol–water partition coefficient (Wildman–Crippen LogP) is 3.56. The molecule has 1 aliphatic rings. The van der Waals surface area contributed by atoms with Crippen LogP contribution in [0.4, 0.5) is 10.1 Å². The van der Waals surface area contributed by atoms with Gasteiger partial charge in [0, 0.05) is 12.4 Å². The summed E-state index contributed by atoms with van der Waals surface area (Å²) in [6.07, 6.45) is 2.96. The molecule has 0 spiro atoms. The summed E-state index contributed by atoms with van der Waals surface area (Å²) in [6.45, 7) is 0. The molecule has 1 aromatic heterocycles. The average molecular weight is 420 g/mol. The third-order valence-corrected chi connectivity index (χ3v) is 5.00. The van der Waals surface area contributed by atoms with Crippen LogP contribution in [-0.4, -0.2) is 34.0 Å². The number of pyridine rings is 1. The molecule has 2 aromatic carbocycles. The van der Waals surface area contributed by atoms with Crippen molar-refractivity contribution in [3.8, 4) is 11.5 Å². The van der Waals surface area contributed by atoms with Crippen molar-refractivity contribution in [1.82, 2.24) is 4.98 Å². The molecule has 31 heavy (non-hydrogen) atoms. The van der Waals surface area contributed by atoms with Crippen LogP contribution >= 0.6 is 0 Å². The second-order valence-electron chi connectivity index (χ2n) is 6.79. The molecule has 1 saturated heterocycles. The number of hydrogen-bond acceptors (Lipinski definition) is 6. The molecule has 1 atom stereocenters. The minimum atomic E-state index is -1.10. The van der Waals surface area contributed by atoms with Crippen molar-refractivity contribution in [2.45, 2.75) is 6.04 Å². The van der Waals surface area contributed by atoms with Gasteiger partial charge < -0.3 is 14.9 Å². The van der Waals surface area contributed by atoms with Crippen molar-refractivity contribution >= 4 is 23.1 Å². The van der Waals surface area contributed by atoms with Gasteiger partial charge in [-0.3, -0.25) is 19.5 Å². The molecule has 4 rings (SSSR count). The summed E-state index contributed by atoms with van der Waals surface area (Å²) in [6, 6.07) is 11.7. The van der Waals surface area contributed by atoms with E-state index in [1.807, 2.05) is 0 Å². The Morgan fingerprint density at radius 3 is 2.58 bits per heavy atom. The van der Waals surface area contributed by atoms with Gasteiger partial charge in [0.15, 0.2) is 0 Å². The van der Waals surface area contributed by atoms with E-state index >= 15 is 0 Å². The Morgan fingerprint density at radius 1 is 1.13 bits per heavy atom. The molecule has 1 fully saturated rings. The van der Waals surface area contributed by atoms with E-state index in [0.29, 0.717) is 5.56 Å². The van der Waals surface area contributed by atoms with Crippen LogP contribution in [0, 0.1) is 5.82 Å².